The molecule has 2 aromatic heterocycles. The molecule has 3 heterocycles. The van der Waals surface area contributed by atoms with Crippen molar-refractivity contribution in [3.63, 3.8) is 0 Å². The molecule has 37 heavy (non-hydrogen) atoms. The maximum Gasteiger partial charge on any atom is 0.162 e. The normalized spacial score (nSPS) is 18.6. The summed E-state index contributed by atoms with van der Waals surface area (Å²) in [7, 11) is 3.25. The Labute approximate surface area is 215 Å². The number of nitrogens with zero attached hydrogens (tertiary/aromatic N) is 3. The summed E-state index contributed by atoms with van der Waals surface area (Å²) in [5.74, 6) is 2.17. The number of ether oxygens (including phenoxy) is 2. The number of fused-ring (bicyclic) bond motifs is 1. The highest BCUT2D eigenvalue weighted by atomic mass is 16.5. The monoisotopic (exact) mass is 492 g/mol. The minimum absolute atomic E-state index is 0.0175. The molecule has 0 saturated carbocycles. The predicted octanol–water partition coefficient (Wildman–Crippen LogP) is 5.55. The number of allylic oxidation sites excluding steroid dienone is 2. The summed E-state index contributed by atoms with van der Waals surface area (Å²) in [4.78, 5) is 18.3. The van der Waals surface area contributed by atoms with Crippen LogP contribution in [0.5, 0.6) is 11.5 Å². The number of anilines is 1. The summed E-state index contributed by atoms with van der Waals surface area (Å²) in [5.41, 5.74) is 6.67. The third-order valence-electron chi connectivity index (χ3n) is 7.36. The number of aromatic nitrogens is 3. The number of rotatable bonds is 5. The van der Waals surface area contributed by atoms with Crippen molar-refractivity contribution in [2.24, 2.45) is 0 Å². The van der Waals surface area contributed by atoms with Crippen molar-refractivity contribution in [2.75, 3.05) is 19.5 Å². The quantitative estimate of drug-likeness (QED) is 0.394. The van der Waals surface area contributed by atoms with Gasteiger partial charge in [-0.2, -0.15) is 5.10 Å². The van der Waals surface area contributed by atoms with Crippen LogP contribution in [0.3, 0.4) is 0 Å². The first kappa shape index (κ1) is 23.0. The minimum Gasteiger partial charge on any atom is -0.493 e. The largest absolute Gasteiger partial charge is 0.493 e. The molecule has 0 saturated heterocycles. The van der Waals surface area contributed by atoms with Gasteiger partial charge in [-0.25, -0.2) is 4.68 Å². The van der Waals surface area contributed by atoms with E-state index in [1.807, 2.05) is 78.5 Å². The zero-order valence-corrected chi connectivity index (χ0v) is 21.1. The van der Waals surface area contributed by atoms with Gasteiger partial charge in [0.25, 0.3) is 0 Å². The molecule has 2 atom stereocenters. The maximum absolute atomic E-state index is 13.9. The fraction of sp³-hybridized carbons (Fsp3) is 0.233. The molecular formula is C30H28N4O3. The second-order valence-corrected chi connectivity index (χ2v) is 9.47. The zero-order chi connectivity index (χ0) is 25.5. The summed E-state index contributed by atoms with van der Waals surface area (Å²) >= 11 is 0. The van der Waals surface area contributed by atoms with Crippen LogP contribution in [0.1, 0.15) is 47.1 Å². The minimum atomic E-state index is -0.226. The Morgan fingerprint density at radius 3 is 2.49 bits per heavy atom. The third-order valence-corrected chi connectivity index (χ3v) is 7.36. The molecule has 6 rings (SSSR count). The van der Waals surface area contributed by atoms with Crippen LogP contribution in [0.2, 0.25) is 0 Å². The maximum atomic E-state index is 13.9. The van der Waals surface area contributed by atoms with E-state index in [1.54, 1.807) is 20.4 Å². The van der Waals surface area contributed by atoms with Gasteiger partial charge < -0.3 is 14.8 Å². The Bertz CT molecular complexity index is 1510. The lowest BCUT2D eigenvalue weighted by Gasteiger charge is -2.35. The molecule has 7 heteroatoms. The number of Topliss-reactive ketones (excluding diaryl/α,β-unsaturated/α-hetero) is 1. The molecule has 0 fully saturated rings. The summed E-state index contributed by atoms with van der Waals surface area (Å²) < 4.78 is 12.9. The van der Waals surface area contributed by atoms with Crippen molar-refractivity contribution in [3.8, 4) is 17.2 Å². The van der Waals surface area contributed by atoms with Gasteiger partial charge in [-0.15, -0.1) is 0 Å². The van der Waals surface area contributed by atoms with E-state index in [0.717, 1.165) is 45.2 Å². The van der Waals surface area contributed by atoms with Crippen molar-refractivity contribution in [2.45, 2.75) is 31.6 Å². The molecule has 2 aliphatic rings. The predicted molar refractivity (Wildman–Crippen MR) is 142 cm³/mol. The Morgan fingerprint density at radius 2 is 1.76 bits per heavy atom. The second kappa shape index (κ2) is 9.24. The van der Waals surface area contributed by atoms with E-state index in [9.17, 15) is 4.79 Å². The van der Waals surface area contributed by atoms with Gasteiger partial charge in [0.1, 0.15) is 5.82 Å². The van der Waals surface area contributed by atoms with E-state index in [2.05, 4.69) is 10.3 Å². The number of benzene rings is 2. The number of aryl methyl sites for hydroxylation is 1. The molecule has 2 unspecified atom stereocenters. The van der Waals surface area contributed by atoms with Crippen molar-refractivity contribution >= 4 is 11.6 Å². The van der Waals surface area contributed by atoms with E-state index in [-0.39, 0.29) is 17.6 Å². The highest BCUT2D eigenvalue weighted by Crippen LogP contribution is 2.49. The third kappa shape index (κ3) is 3.87. The van der Waals surface area contributed by atoms with Crippen LogP contribution in [0, 0.1) is 6.92 Å². The SMILES string of the molecule is COc1ccc(C2CC(=O)C3=C(C2)Nc2c(c(C)nn2-c2ccccc2)C3c2cccnc2)cc1OC. The van der Waals surface area contributed by atoms with Crippen LogP contribution in [-0.2, 0) is 4.79 Å². The smallest absolute Gasteiger partial charge is 0.162 e. The lowest BCUT2D eigenvalue weighted by molar-refractivity contribution is -0.116. The standard InChI is InChI=1S/C30H28N4O3/c1-18-27-28(20-8-7-13-31-17-20)29-23(32-30(27)34(33-18)22-9-5-4-6-10-22)14-21(15-24(29)35)19-11-12-25(36-2)26(16-19)37-3/h4-13,16-17,21,28,32H,14-15H2,1-3H3. The summed E-state index contributed by atoms with van der Waals surface area (Å²) in [6.45, 7) is 2.01. The van der Waals surface area contributed by atoms with Crippen LogP contribution >= 0.6 is 0 Å². The van der Waals surface area contributed by atoms with Crippen LogP contribution < -0.4 is 14.8 Å². The summed E-state index contributed by atoms with van der Waals surface area (Å²) in [5, 5.41) is 8.56. The molecule has 0 bridgehead atoms. The van der Waals surface area contributed by atoms with Gasteiger partial charge in [-0.05, 0) is 60.7 Å². The molecule has 1 aliphatic heterocycles. The van der Waals surface area contributed by atoms with Gasteiger partial charge in [0, 0.05) is 41.6 Å². The number of hydrogen-bond acceptors (Lipinski definition) is 6. The fourth-order valence-corrected chi connectivity index (χ4v) is 5.66. The molecule has 1 N–H and O–H groups in total. The molecule has 0 spiro atoms. The fourth-order valence-electron chi connectivity index (χ4n) is 5.66. The van der Waals surface area contributed by atoms with Gasteiger partial charge >= 0.3 is 0 Å². The van der Waals surface area contributed by atoms with Gasteiger partial charge in [0.05, 0.1) is 25.6 Å². The molecule has 4 aromatic rings. The molecule has 7 nitrogen and oxygen atoms in total. The number of nitrogens with one attached hydrogen (secondary N) is 1. The van der Waals surface area contributed by atoms with E-state index in [1.165, 1.54) is 0 Å². The van der Waals surface area contributed by atoms with Crippen molar-refractivity contribution in [3.05, 3.63) is 107 Å². The lowest BCUT2D eigenvalue weighted by atomic mass is 9.72. The van der Waals surface area contributed by atoms with Crippen LogP contribution in [-0.4, -0.2) is 34.8 Å². The zero-order valence-electron chi connectivity index (χ0n) is 21.1. The number of para-hydroxylation sites is 1. The number of ketones is 1. The molecule has 186 valence electrons. The van der Waals surface area contributed by atoms with Crippen LogP contribution in [0.25, 0.3) is 5.69 Å². The van der Waals surface area contributed by atoms with E-state index in [0.29, 0.717) is 24.3 Å². The Kier molecular flexibility index (Phi) is 5.75. The van der Waals surface area contributed by atoms with Gasteiger partial charge in [0.2, 0.25) is 0 Å². The molecule has 2 aromatic carbocycles. The van der Waals surface area contributed by atoms with Crippen molar-refractivity contribution in [1.82, 2.24) is 14.8 Å². The molecule has 0 radical (unpaired) electrons. The number of carbonyl (C=O) groups excluding carboxylic acids is 1. The van der Waals surface area contributed by atoms with E-state index < -0.39 is 0 Å². The molecule has 1 aliphatic carbocycles. The first-order chi connectivity index (χ1) is 18.1. The average molecular weight is 493 g/mol. The lowest BCUT2D eigenvalue weighted by Crippen LogP contribution is -2.30. The topological polar surface area (TPSA) is 78.3 Å². The summed E-state index contributed by atoms with van der Waals surface area (Å²) in [6, 6.07) is 19.9. The Hall–Kier alpha value is -4.39. The van der Waals surface area contributed by atoms with Crippen LogP contribution in [0.15, 0.2) is 84.3 Å². The average Bonchev–Trinajstić information content (AvgIpc) is 3.28. The summed E-state index contributed by atoms with van der Waals surface area (Å²) in [6.07, 6.45) is 4.74. The van der Waals surface area contributed by atoms with Crippen molar-refractivity contribution < 1.29 is 14.3 Å². The number of carbonyl (C=O) groups is 1. The first-order valence-corrected chi connectivity index (χ1v) is 12.4. The Morgan fingerprint density at radius 1 is 0.946 bits per heavy atom. The molecule has 0 amide bonds. The van der Waals surface area contributed by atoms with E-state index >= 15 is 0 Å². The number of pyridine rings is 1. The molecular weight excluding hydrogens is 464 g/mol. The highest BCUT2D eigenvalue weighted by molar-refractivity contribution is 6.01. The van der Waals surface area contributed by atoms with Gasteiger partial charge in [0.15, 0.2) is 17.3 Å². The van der Waals surface area contributed by atoms with Gasteiger partial charge in [-0.3, -0.25) is 9.78 Å². The van der Waals surface area contributed by atoms with Gasteiger partial charge in [-0.1, -0.05) is 30.3 Å². The second-order valence-electron chi connectivity index (χ2n) is 9.47. The Balaban J connectivity index is 1.48. The first-order valence-electron chi connectivity index (χ1n) is 12.4. The number of methoxy groups -OCH3 is 2. The van der Waals surface area contributed by atoms with Crippen molar-refractivity contribution in [1.29, 1.82) is 0 Å². The number of hydrogen-bond donors (Lipinski definition) is 1. The van der Waals surface area contributed by atoms with Crippen LogP contribution in [0.4, 0.5) is 5.82 Å². The van der Waals surface area contributed by atoms with E-state index in [4.69, 9.17) is 14.6 Å². The highest BCUT2D eigenvalue weighted by Gasteiger charge is 2.41.